The zero-order valence-electron chi connectivity index (χ0n) is 20.7. The number of nitrogens with zero attached hydrogens (tertiary/aromatic N) is 4. The van der Waals surface area contributed by atoms with Crippen LogP contribution >= 0.6 is 0 Å². The van der Waals surface area contributed by atoms with Crippen LogP contribution in [-0.2, 0) is 4.79 Å². The van der Waals surface area contributed by atoms with E-state index in [1.54, 1.807) is 18.2 Å². The molecule has 0 radical (unpaired) electrons. The van der Waals surface area contributed by atoms with Gasteiger partial charge in [-0.2, -0.15) is 4.98 Å². The average Bonchev–Trinajstić information content (AvgIpc) is 3.54. The number of aliphatic hydroxyl groups is 1. The number of para-hydroxylation sites is 1. The monoisotopic (exact) mass is 456 g/mol. The van der Waals surface area contributed by atoms with Crippen molar-refractivity contribution < 1.29 is 28.1 Å². The molecule has 172 valence electrons. The standard InChI is InChI=1S/C21H23N7O5/c1-10(29)21-25-18(28-33-21)12-5-4-6-13(17(12)32-3)23-14-9-15(24-19(30)11-7-8-11)26-27-16(14)20(31)22-2/h4-6,9-11,29H,7-8H2,1-3H3,(H,22,31)(H2,23,24,26,30)/t10-/m0/s1/i2D3. The Morgan fingerprint density at radius 1 is 1.30 bits per heavy atom. The van der Waals surface area contributed by atoms with Crippen LogP contribution in [0, 0.1) is 5.92 Å². The molecule has 4 N–H and O–H groups in total. The van der Waals surface area contributed by atoms with Gasteiger partial charge >= 0.3 is 0 Å². The highest BCUT2D eigenvalue weighted by molar-refractivity contribution is 6.00. The number of methoxy groups -OCH3 is 1. The molecular formula is C21H23N7O5. The summed E-state index contributed by atoms with van der Waals surface area (Å²) in [4.78, 5) is 29.0. The summed E-state index contributed by atoms with van der Waals surface area (Å²) in [5.41, 5.74) is 0.495. The van der Waals surface area contributed by atoms with E-state index in [0.717, 1.165) is 12.8 Å². The zero-order chi connectivity index (χ0) is 26.0. The molecule has 2 amide bonds. The summed E-state index contributed by atoms with van der Waals surface area (Å²) in [7, 11) is 1.41. The number of carbonyl (C=O) groups is 2. The first-order chi connectivity index (χ1) is 17.1. The fourth-order valence-corrected chi connectivity index (χ4v) is 3.04. The first kappa shape index (κ1) is 18.5. The third kappa shape index (κ3) is 4.75. The van der Waals surface area contributed by atoms with Crippen LogP contribution in [-0.4, -0.2) is 51.3 Å². The van der Waals surface area contributed by atoms with Crippen molar-refractivity contribution in [2.45, 2.75) is 25.9 Å². The zero-order valence-corrected chi connectivity index (χ0v) is 17.7. The van der Waals surface area contributed by atoms with Gasteiger partial charge in [0.25, 0.3) is 11.8 Å². The van der Waals surface area contributed by atoms with E-state index in [1.165, 1.54) is 20.1 Å². The maximum absolute atomic E-state index is 12.6. The predicted molar refractivity (Wildman–Crippen MR) is 117 cm³/mol. The molecule has 1 saturated carbocycles. The Labute approximate surface area is 193 Å². The summed E-state index contributed by atoms with van der Waals surface area (Å²) in [6.07, 6.45) is 0.589. The molecule has 1 atom stereocenters. The van der Waals surface area contributed by atoms with Gasteiger partial charge in [-0.15, -0.1) is 10.2 Å². The Balaban J connectivity index is 1.72. The summed E-state index contributed by atoms with van der Waals surface area (Å²) in [6.45, 7) is -1.28. The molecule has 1 aliphatic carbocycles. The van der Waals surface area contributed by atoms with Crippen molar-refractivity contribution >= 4 is 29.0 Å². The van der Waals surface area contributed by atoms with Gasteiger partial charge in [0.05, 0.1) is 24.0 Å². The van der Waals surface area contributed by atoms with Crippen LogP contribution in [0.4, 0.5) is 17.2 Å². The van der Waals surface area contributed by atoms with Crippen molar-refractivity contribution in [1.29, 1.82) is 0 Å². The van der Waals surface area contributed by atoms with Crippen LogP contribution in [0.25, 0.3) is 11.4 Å². The molecule has 12 nitrogen and oxygen atoms in total. The van der Waals surface area contributed by atoms with Gasteiger partial charge < -0.3 is 30.3 Å². The third-order valence-corrected chi connectivity index (χ3v) is 4.85. The minimum absolute atomic E-state index is 0.0171. The molecule has 12 heteroatoms. The van der Waals surface area contributed by atoms with Crippen LogP contribution in [0.5, 0.6) is 5.75 Å². The highest BCUT2D eigenvalue weighted by Gasteiger charge is 2.30. The molecular weight excluding hydrogens is 430 g/mol. The van der Waals surface area contributed by atoms with E-state index in [4.69, 9.17) is 13.4 Å². The molecule has 1 fully saturated rings. The van der Waals surface area contributed by atoms with E-state index in [-0.39, 0.29) is 46.5 Å². The largest absolute Gasteiger partial charge is 0.494 e. The molecule has 0 spiro atoms. The molecule has 2 heterocycles. The number of anilines is 3. The second-order valence-corrected chi connectivity index (χ2v) is 7.35. The number of hydrogen-bond donors (Lipinski definition) is 4. The number of hydrogen-bond acceptors (Lipinski definition) is 10. The van der Waals surface area contributed by atoms with Gasteiger partial charge in [-0.1, -0.05) is 11.2 Å². The molecule has 1 aliphatic rings. The Kier molecular flexibility index (Phi) is 5.16. The Morgan fingerprint density at radius 2 is 2.12 bits per heavy atom. The molecule has 1 aromatic carbocycles. The molecule has 0 bridgehead atoms. The number of benzene rings is 1. The van der Waals surface area contributed by atoms with Crippen molar-refractivity contribution in [1.82, 2.24) is 25.7 Å². The number of aromatic nitrogens is 4. The molecule has 0 aliphatic heterocycles. The summed E-state index contributed by atoms with van der Waals surface area (Å²) in [5, 5.41) is 28.8. The molecule has 0 saturated heterocycles. The normalized spacial score (nSPS) is 15.5. The average molecular weight is 456 g/mol. The van der Waals surface area contributed by atoms with Crippen molar-refractivity contribution in [3.8, 4) is 17.1 Å². The second-order valence-electron chi connectivity index (χ2n) is 7.35. The minimum atomic E-state index is -2.76. The maximum Gasteiger partial charge on any atom is 0.273 e. The summed E-state index contributed by atoms with van der Waals surface area (Å²) < 4.78 is 32.6. The van der Waals surface area contributed by atoms with Gasteiger partial charge in [-0.05, 0) is 31.9 Å². The van der Waals surface area contributed by atoms with E-state index in [0.29, 0.717) is 11.3 Å². The van der Waals surface area contributed by atoms with Gasteiger partial charge in [-0.3, -0.25) is 9.59 Å². The highest BCUT2D eigenvalue weighted by atomic mass is 16.5. The lowest BCUT2D eigenvalue weighted by atomic mass is 10.1. The molecule has 4 rings (SSSR count). The highest BCUT2D eigenvalue weighted by Crippen LogP contribution is 2.37. The van der Waals surface area contributed by atoms with E-state index in [1.807, 2.05) is 5.32 Å². The lowest BCUT2D eigenvalue weighted by molar-refractivity contribution is -0.117. The van der Waals surface area contributed by atoms with Gasteiger partial charge in [0.15, 0.2) is 17.3 Å². The van der Waals surface area contributed by atoms with Crippen molar-refractivity contribution in [3.05, 3.63) is 35.9 Å². The minimum Gasteiger partial charge on any atom is -0.494 e. The molecule has 2 aromatic heterocycles. The van der Waals surface area contributed by atoms with Crippen LogP contribution in [0.2, 0.25) is 0 Å². The van der Waals surface area contributed by atoms with Gasteiger partial charge in [0.2, 0.25) is 11.7 Å². The van der Waals surface area contributed by atoms with Crippen molar-refractivity contribution in [2.75, 3.05) is 24.7 Å². The Bertz CT molecular complexity index is 1290. The van der Waals surface area contributed by atoms with Gasteiger partial charge in [-0.25, -0.2) is 0 Å². The van der Waals surface area contributed by atoms with E-state index >= 15 is 0 Å². The van der Waals surface area contributed by atoms with Crippen LogP contribution in [0.1, 0.15) is 46.4 Å². The Hall–Kier alpha value is -4.06. The molecule has 0 unspecified atom stereocenters. The second kappa shape index (κ2) is 9.20. The van der Waals surface area contributed by atoms with E-state index < -0.39 is 19.0 Å². The fourth-order valence-electron chi connectivity index (χ4n) is 3.04. The molecule has 33 heavy (non-hydrogen) atoms. The number of ether oxygens (including phenoxy) is 1. The smallest absolute Gasteiger partial charge is 0.273 e. The number of rotatable bonds is 8. The van der Waals surface area contributed by atoms with Crippen LogP contribution in [0.3, 0.4) is 0 Å². The van der Waals surface area contributed by atoms with Crippen LogP contribution < -0.4 is 20.7 Å². The number of carbonyl (C=O) groups excluding carboxylic acids is 2. The lowest BCUT2D eigenvalue weighted by Gasteiger charge is -2.16. The fraction of sp³-hybridized carbons (Fsp3) is 0.333. The van der Waals surface area contributed by atoms with Gasteiger partial charge in [0.1, 0.15) is 6.10 Å². The number of nitrogens with one attached hydrogen (secondary N) is 3. The first-order valence-electron chi connectivity index (χ1n) is 11.5. The van der Waals surface area contributed by atoms with Gasteiger partial charge in [0, 0.05) is 23.1 Å². The Morgan fingerprint density at radius 3 is 2.79 bits per heavy atom. The first-order valence-corrected chi connectivity index (χ1v) is 10.0. The maximum atomic E-state index is 12.6. The summed E-state index contributed by atoms with van der Waals surface area (Å²) in [6, 6.07) is 6.32. The summed E-state index contributed by atoms with van der Waals surface area (Å²) in [5.74, 6) is -0.811. The lowest BCUT2D eigenvalue weighted by Crippen LogP contribution is -2.22. The van der Waals surface area contributed by atoms with E-state index in [9.17, 15) is 14.7 Å². The van der Waals surface area contributed by atoms with Crippen LogP contribution in [0.15, 0.2) is 28.8 Å². The predicted octanol–water partition coefficient (Wildman–Crippen LogP) is 2.04. The molecule has 3 aromatic rings. The number of aliphatic hydroxyl groups excluding tert-OH is 1. The van der Waals surface area contributed by atoms with E-state index in [2.05, 4.69) is 31.0 Å². The van der Waals surface area contributed by atoms with Crippen molar-refractivity contribution in [3.63, 3.8) is 0 Å². The topological polar surface area (TPSA) is 164 Å². The summed E-state index contributed by atoms with van der Waals surface area (Å²) >= 11 is 0. The third-order valence-electron chi connectivity index (χ3n) is 4.85. The van der Waals surface area contributed by atoms with Crippen molar-refractivity contribution in [2.24, 2.45) is 5.92 Å². The number of amides is 2. The quantitative estimate of drug-likeness (QED) is 0.394. The SMILES string of the molecule is [2H]C([2H])([2H])NC(=O)c1nnc(NC(=O)C2CC2)cc1Nc1cccc(-c2noc([C@H](C)O)n2)c1OC.